The van der Waals surface area contributed by atoms with Crippen LogP contribution in [-0.4, -0.2) is 36.6 Å². The summed E-state index contributed by atoms with van der Waals surface area (Å²) in [5.41, 5.74) is 7.16. The van der Waals surface area contributed by atoms with Gasteiger partial charge in [-0.05, 0) is 73.5 Å². The molecule has 1 saturated heterocycles. The lowest BCUT2D eigenvalue weighted by molar-refractivity contribution is 0.0896. The second-order valence-corrected chi connectivity index (χ2v) is 8.90. The van der Waals surface area contributed by atoms with Crippen LogP contribution >= 0.6 is 0 Å². The number of nitrogens with zero attached hydrogens (tertiary/aromatic N) is 1. The maximum atomic E-state index is 5.58. The highest BCUT2D eigenvalue weighted by Crippen LogP contribution is 2.49. The Morgan fingerprint density at radius 3 is 3.00 bits per heavy atom. The van der Waals surface area contributed by atoms with Gasteiger partial charge in [-0.15, -0.1) is 6.58 Å². The van der Waals surface area contributed by atoms with Gasteiger partial charge in [0.25, 0.3) is 0 Å². The van der Waals surface area contributed by atoms with Gasteiger partial charge >= 0.3 is 0 Å². The molecule has 1 aliphatic heterocycles. The van der Waals surface area contributed by atoms with Crippen LogP contribution < -0.4 is 4.74 Å². The molecule has 0 saturated carbocycles. The third kappa shape index (κ3) is 3.00. The van der Waals surface area contributed by atoms with Gasteiger partial charge in [0.1, 0.15) is 5.75 Å². The van der Waals surface area contributed by atoms with Crippen LogP contribution in [0, 0.1) is 12.8 Å². The molecule has 0 radical (unpaired) electrons. The number of benzene rings is 2. The lowest BCUT2D eigenvalue weighted by Gasteiger charge is -2.51. The zero-order valence-corrected chi connectivity index (χ0v) is 17.5. The van der Waals surface area contributed by atoms with Crippen LogP contribution in [0.2, 0.25) is 0 Å². The molecule has 1 N–H and O–H groups in total. The van der Waals surface area contributed by atoms with Crippen molar-refractivity contribution >= 4 is 10.9 Å². The van der Waals surface area contributed by atoms with Crippen molar-refractivity contribution in [3.05, 3.63) is 77.5 Å². The summed E-state index contributed by atoms with van der Waals surface area (Å²) in [6.45, 7) is 9.36. The molecule has 5 rings (SSSR count). The van der Waals surface area contributed by atoms with E-state index in [1.165, 1.54) is 39.7 Å². The molecule has 3 heteroatoms. The van der Waals surface area contributed by atoms with Crippen LogP contribution in [0.15, 0.2) is 55.1 Å². The molecule has 3 nitrogen and oxygen atoms in total. The van der Waals surface area contributed by atoms with E-state index in [-0.39, 0.29) is 5.41 Å². The van der Waals surface area contributed by atoms with Gasteiger partial charge in [0.05, 0.1) is 7.11 Å². The van der Waals surface area contributed by atoms with Crippen molar-refractivity contribution in [1.82, 2.24) is 9.88 Å². The van der Waals surface area contributed by atoms with Crippen molar-refractivity contribution in [2.75, 3.05) is 26.7 Å². The molecular formula is C26H30N2O. The normalized spacial score (nSPS) is 24.1. The highest BCUT2D eigenvalue weighted by atomic mass is 16.5. The molecule has 2 heterocycles. The van der Waals surface area contributed by atoms with E-state index in [1.807, 2.05) is 6.08 Å². The summed E-state index contributed by atoms with van der Waals surface area (Å²) < 4.78 is 5.58. The van der Waals surface area contributed by atoms with Gasteiger partial charge < -0.3 is 9.72 Å². The van der Waals surface area contributed by atoms with E-state index in [0.29, 0.717) is 5.92 Å². The van der Waals surface area contributed by atoms with Gasteiger partial charge in [-0.25, -0.2) is 0 Å². The first-order chi connectivity index (χ1) is 14.1. The largest absolute Gasteiger partial charge is 0.497 e. The van der Waals surface area contributed by atoms with Crippen LogP contribution in [-0.2, 0) is 18.3 Å². The SMILES string of the molecule is C=CCN1CCC2(c3cccc(OC)c3)Cc3[nH]c4cc(C)ccc4c3CC2C1. The van der Waals surface area contributed by atoms with Crippen LogP contribution in [0.25, 0.3) is 10.9 Å². The predicted octanol–water partition coefficient (Wildman–Crippen LogP) is 5.03. The highest BCUT2D eigenvalue weighted by molar-refractivity contribution is 5.85. The summed E-state index contributed by atoms with van der Waals surface area (Å²) in [6.07, 6.45) is 5.42. The number of fused-ring (bicyclic) bond motifs is 4. The van der Waals surface area contributed by atoms with Gasteiger partial charge in [0, 0.05) is 35.1 Å². The maximum absolute atomic E-state index is 5.58. The Hall–Kier alpha value is -2.52. The second kappa shape index (κ2) is 7.07. The summed E-state index contributed by atoms with van der Waals surface area (Å²) in [5.74, 6) is 1.55. The van der Waals surface area contributed by atoms with Gasteiger partial charge in [-0.1, -0.05) is 30.3 Å². The molecule has 1 aromatic heterocycles. The van der Waals surface area contributed by atoms with E-state index in [0.717, 1.165) is 38.2 Å². The number of nitrogens with one attached hydrogen (secondary N) is 1. The minimum Gasteiger partial charge on any atom is -0.497 e. The number of rotatable bonds is 4. The van der Waals surface area contributed by atoms with E-state index >= 15 is 0 Å². The monoisotopic (exact) mass is 386 g/mol. The third-order valence-corrected chi connectivity index (χ3v) is 7.26. The fourth-order valence-electron chi connectivity index (χ4n) is 5.77. The molecule has 0 amide bonds. The number of methoxy groups -OCH3 is 1. The standard InChI is InChI=1S/C26H30N2O/c1-4-11-28-12-10-26(19-6-5-7-21(14-19)29-3)16-25-23(15-20(26)17-28)22-9-8-18(2)13-24(22)27-25/h4-9,13-14,20,27H,1,10-12,15-17H2,2-3H3. The average Bonchev–Trinajstić information content (AvgIpc) is 3.08. The summed E-state index contributed by atoms with van der Waals surface area (Å²) in [7, 11) is 1.76. The van der Waals surface area contributed by atoms with Crippen molar-refractivity contribution in [1.29, 1.82) is 0 Å². The molecule has 0 spiro atoms. The van der Waals surface area contributed by atoms with E-state index in [2.05, 4.69) is 65.9 Å². The molecule has 1 fully saturated rings. The summed E-state index contributed by atoms with van der Waals surface area (Å²) in [6, 6.07) is 15.6. The Bertz CT molecular complexity index is 1070. The Balaban J connectivity index is 1.63. The third-order valence-electron chi connectivity index (χ3n) is 7.26. The number of aromatic amines is 1. The minimum absolute atomic E-state index is 0.162. The topological polar surface area (TPSA) is 28.3 Å². The van der Waals surface area contributed by atoms with E-state index in [9.17, 15) is 0 Å². The quantitative estimate of drug-likeness (QED) is 0.637. The van der Waals surface area contributed by atoms with Crippen molar-refractivity contribution in [2.24, 2.45) is 5.92 Å². The second-order valence-electron chi connectivity index (χ2n) is 8.90. The molecule has 2 aliphatic rings. The molecule has 3 aromatic rings. The fraction of sp³-hybridized carbons (Fsp3) is 0.385. The fourth-order valence-corrected chi connectivity index (χ4v) is 5.77. The molecule has 2 aromatic carbocycles. The highest BCUT2D eigenvalue weighted by Gasteiger charge is 2.47. The lowest BCUT2D eigenvalue weighted by atomic mass is 9.58. The van der Waals surface area contributed by atoms with Gasteiger partial charge in [-0.2, -0.15) is 0 Å². The number of aryl methyl sites for hydroxylation is 1. The lowest BCUT2D eigenvalue weighted by Crippen LogP contribution is -2.53. The van der Waals surface area contributed by atoms with Crippen LogP contribution in [0.4, 0.5) is 0 Å². The number of H-pyrrole nitrogens is 1. The van der Waals surface area contributed by atoms with Crippen LogP contribution in [0.5, 0.6) is 5.75 Å². The van der Waals surface area contributed by atoms with Gasteiger partial charge in [0.2, 0.25) is 0 Å². The Morgan fingerprint density at radius 2 is 2.17 bits per heavy atom. The number of hydrogen-bond donors (Lipinski definition) is 1. The van der Waals surface area contributed by atoms with Crippen LogP contribution in [0.3, 0.4) is 0 Å². The summed E-state index contributed by atoms with van der Waals surface area (Å²) in [4.78, 5) is 6.36. The molecule has 2 atom stereocenters. The van der Waals surface area contributed by atoms with Crippen molar-refractivity contribution in [2.45, 2.75) is 31.6 Å². The zero-order valence-electron chi connectivity index (χ0n) is 17.5. The van der Waals surface area contributed by atoms with Crippen molar-refractivity contribution in [3.63, 3.8) is 0 Å². The van der Waals surface area contributed by atoms with Crippen LogP contribution in [0.1, 0.15) is 28.8 Å². The molecule has 29 heavy (non-hydrogen) atoms. The number of aromatic nitrogens is 1. The average molecular weight is 387 g/mol. The van der Waals surface area contributed by atoms with Crippen molar-refractivity contribution in [3.8, 4) is 5.75 Å². The Labute approximate surface area is 173 Å². The zero-order chi connectivity index (χ0) is 20.0. The van der Waals surface area contributed by atoms with E-state index < -0.39 is 0 Å². The maximum Gasteiger partial charge on any atom is 0.119 e. The molecule has 150 valence electrons. The first-order valence-electron chi connectivity index (χ1n) is 10.7. The minimum atomic E-state index is 0.162. The molecule has 2 unspecified atom stereocenters. The number of piperidine rings is 1. The van der Waals surface area contributed by atoms with Crippen molar-refractivity contribution < 1.29 is 4.74 Å². The number of likely N-dealkylation sites (tertiary alicyclic amines) is 1. The van der Waals surface area contributed by atoms with Gasteiger partial charge in [0.15, 0.2) is 0 Å². The first kappa shape index (κ1) is 18.5. The smallest absolute Gasteiger partial charge is 0.119 e. The summed E-state index contributed by atoms with van der Waals surface area (Å²) in [5, 5.41) is 1.41. The molecule has 0 bridgehead atoms. The van der Waals surface area contributed by atoms with E-state index in [1.54, 1.807) is 7.11 Å². The number of ether oxygens (including phenoxy) is 1. The number of hydrogen-bond acceptors (Lipinski definition) is 2. The predicted molar refractivity (Wildman–Crippen MR) is 120 cm³/mol. The summed E-state index contributed by atoms with van der Waals surface area (Å²) >= 11 is 0. The first-order valence-corrected chi connectivity index (χ1v) is 10.7. The Morgan fingerprint density at radius 1 is 1.28 bits per heavy atom. The van der Waals surface area contributed by atoms with E-state index in [4.69, 9.17) is 4.74 Å². The molecular weight excluding hydrogens is 356 g/mol. The molecule has 1 aliphatic carbocycles. The Kier molecular flexibility index (Phi) is 4.51. The van der Waals surface area contributed by atoms with Gasteiger partial charge in [-0.3, -0.25) is 4.90 Å².